The molecule has 0 atom stereocenters. The molecule has 0 spiro atoms. The third kappa shape index (κ3) is 1.51. The summed E-state index contributed by atoms with van der Waals surface area (Å²) in [6.07, 6.45) is 0.586. The van der Waals surface area contributed by atoms with Gasteiger partial charge in [0.25, 0.3) is 5.69 Å². The number of H-pyrrole nitrogens is 1. The molecule has 1 aromatic heterocycles. The molecule has 0 unspecified atom stereocenters. The second-order valence-corrected chi connectivity index (χ2v) is 2.50. The predicted molar refractivity (Wildman–Crippen MR) is 41.8 cm³/mol. The number of nitrogens with zero attached hydrogens (tertiary/aromatic N) is 1. The van der Waals surface area contributed by atoms with Crippen LogP contribution in [0.2, 0.25) is 5.15 Å². The fourth-order valence-electron chi connectivity index (χ4n) is 0.884. The first-order valence-corrected chi connectivity index (χ1v) is 3.54. The van der Waals surface area contributed by atoms with Crippen molar-refractivity contribution in [1.29, 1.82) is 0 Å². The first kappa shape index (κ1) is 8.07. The molecule has 0 aliphatic heterocycles. The lowest BCUT2D eigenvalue weighted by molar-refractivity contribution is -0.385. The fraction of sp³-hybridized carbons (Fsp3) is 0.333. The summed E-state index contributed by atoms with van der Waals surface area (Å²) in [4.78, 5) is 12.6. The van der Waals surface area contributed by atoms with Crippen LogP contribution in [0.1, 0.15) is 12.6 Å². The Bertz CT molecular complexity index is 282. The Labute approximate surface area is 68.3 Å². The number of nitrogens with one attached hydrogen (secondary N) is 1. The van der Waals surface area contributed by atoms with Crippen molar-refractivity contribution in [2.24, 2.45) is 0 Å². The maximum Gasteiger partial charge on any atom is 0.291 e. The SMILES string of the molecule is CCc1[nH]c(Cl)cc1[N+](=O)[O-]. The summed E-state index contributed by atoms with van der Waals surface area (Å²) in [7, 11) is 0. The van der Waals surface area contributed by atoms with Crippen LogP contribution in [-0.4, -0.2) is 9.91 Å². The molecule has 0 aromatic carbocycles. The Balaban J connectivity index is 3.12. The number of hydrogen-bond donors (Lipinski definition) is 1. The van der Waals surface area contributed by atoms with Crippen molar-refractivity contribution < 1.29 is 4.92 Å². The summed E-state index contributed by atoms with van der Waals surface area (Å²) in [6, 6.07) is 1.32. The van der Waals surface area contributed by atoms with Gasteiger partial charge >= 0.3 is 0 Å². The first-order valence-electron chi connectivity index (χ1n) is 3.17. The highest BCUT2D eigenvalue weighted by Crippen LogP contribution is 2.22. The zero-order chi connectivity index (χ0) is 8.43. The van der Waals surface area contributed by atoms with Gasteiger partial charge in [-0.1, -0.05) is 18.5 Å². The van der Waals surface area contributed by atoms with Crippen LogP contribution in [0.25, 0.3) is 0 Å². The van der Waals surface area contributed by atoms with Gasteiger partial charge in [-0.2, -0.15) is 0 Å². The molecule has 0 aliphatic rings. The quantitative estimate of drug-likeness (QED) is 0.552. The summed E-state index contributed by atoms with van der Waals surface area (Å²) in [5.74, 6) is 0. The van der Waals surface area contributed by atoms with Crippen LogP contribution in [0.3, 0.4) is 0 Å². The Morgan fingerprint density at radius 1 is 1.82 bits per heavy atom. The molecule has 1 rings (SSSR count). The number of rotatable bonds is 2. The van der Waals surface area contributed by atoms with Crippen LogP contribution in [0, 0.1) is 10.1 Å². The van der Waals surface area contributed by atoms with E-state index in [9.17, 15) is 10.1 Å². The summed E-state index contributed by atoms with van der Waals surface area (Å²) < 4.78 is 0. The van der Waals surface area contributed by atoms with E-state index in [0.717, 1.165) is 0 Å². The van der Waals surface area contributed by atoms with Gasteiger partial charge in [0.05, 0.1) is 16.7 Å². The molecule has 4 nitrogen and oxygen atoms in total. The lowest BCUT2D eigenvalue weighted by Crippen LogP contribution is -1.90. The molecule has 0 amide bonds. The highest BCUT2D eigenvalue weighted by Gasteiger charge is 2.14. The minimum absolute atomic E-state index is 0.0671. The smallest absolute Gasteiger partial charge is 0.291 e. The van der Waals surface area contributed by atoms with Gasteiger partial charge in [0.1, 0.15) is 5.15 Å². The Kier molecular flexibility index (Phi) is 2.14. The molecule has 0 aliphatic carbocycles. The standard InChI is InChI=1S/C6H7ClN2O2/c1-2-4-5(9(10)11)3-6(7)8-4/h3,8H,2H2,1H3. The summed E-state index contributed by atoms with van der Waals surface area (Å²) >= 11 is 5.53. The fourth-order valence-corrected chi connectivity index (χ4v) is 1.10. The van der Waals surface area contributed by atoms with Crippen LogP contribution in [0.5, 0.6) is 0 Å². The van der Waals surface area contributed by atoms with Crippen molar-refractivity contribution >= 4 is 17.3 Å². The van der Waals surface area contributed by atoms with E-state index in [4.69, 9.17) is 11.6 Å². The number of aryl methyl sites for hydroxylation is 1. The monoisotopic (exact) mass is 174 g/mol. The topological polar surface area (TPSA) is 58.9 Å². The van der Waals surface area contributed by atoms with E-state index in [-0.39, 0.29) is 5.69 Å². The Morgan fingerprint density at radius 3 is 2.82 bits per heavy atom. The Morgan fingerprint density at radius 2 is 2.45 bits per heavy atom. The zero-order valence-corrected chi connectivity index (χ0v) is 6.68. The molecule has 0 saturated carbocycles. The average Bonchev–Trinajstić information content (AvgIpc) is 2.30. The van der Waals surface area contributed by atoms with Crippen molar-refractivity contribution in [3.8, 4) is 0 Å². The third-order valence-electron chi connectivity index (χ3n) is 1.39. The maximum atomic E-state index is 10.3. The molecular weight excluding hydrogens is 168 g/mol. The second kappa shape index (κ2) is 2.92. The third-order valence-corrected chi connectivity index (χ3v) is 1.60. The number of halogens is 1. The van der Waals surface area contributed by atoms with E-state index in [1.807, 2.05) is 6.92 Å². The molecular formula is C6H7ClN2O2. The largest absolute Gasteiger partial charge is 0.344 e. The van der Waals surface area contributed by atoms with Crippen LogP contribution in [-0.2, 0) is 6.42 Å². The molecule has 0 bridgehead atoms. The molecule has 1 N–H and O–H groups in total. The number of nitro groups is 1. The van der Waals surface area contributed by atoms with Crippen molar-refractivity contribution in [2.45, 2.75) is 13.3 Å². The van der Waals surface area contributed by atoms with Crippen molar-refractivity contribution in [1.82, 2.24) is 4.98 Å². The number of aromatic nitrogens is 1. The normalized spacial score (nSPS) is 10.0. The predicted octanol–water partition coefficient (Wildman–Crippen LogP) is 2.14. The molecule has 60 valence electrons. The minimum atomic E-state index is -0.443. The average molecular weight is 175 g/mol. The van der Waals surface area contributed by atoms with Crippen LogP contribution < -0.4 is 0 Å². The van der Waals surface area contributed by atoms with Crippen molar-refractivity contribution in [3.05, 3.63) is 27.0 Å². The van der Waals surface area contributed by atoms with E-state index < -0.39 is 4.92 Å². The first-order chi connectivity index (χ1) is 5.15. The van der Waals surface area contributed by atoms with Gasteiger partial charge < -0.3 is 4.98 Å². The highest BCUT2D eigenvalue weighted by molar-refractivity contribution is 6.29. The summed E-state index contributed by atoms with van der Waals surface area (Å²) in [5.41, 5.74) is 0.637. The van der Waals surface area contributed by atoms with Crippen LogP contribution in [0.15, 0.2) is 6.07 Å². The Hall–Kier alpha value is -1.03. The molecule has 0 saturated heterocycles. The van der Waals surface area contributed by atoms with Gasteiger partial charge in [0, 0.05) is 0 Å². The van der Waals surface area contributed by atoms with Gasteiger partial charge in [-0.3, -0.25) is 10.1 Å². The maximum absolute atomic E-state index is 10.3. The minimum Gasteiger partial charge on any atom is -0.344 e. The van der Waals surface area contributed by atoms with Gasteiger partial charge in [-0.05, 0) is 6.42 Å². The molecule has 5 heteroatoms. The van der Waals surface area contributed by atoms with Crippen molar-refractivity contribution in [2.75, 3.05) is 0 Å². The van der Waals surface area contributed by atoms with Crippen LogP contribution >= 0.6 is 11.6 Å². The molecule has 11 heavy (non-hydrogen) atoms. The zero-order valence-electron chi connectivity index (χ0n) is 5.93. The lowest BCUT2D eigenvalue weighted by atomic mass is 10.3. The summed E-state index contributed by atoms with van der Waals surface area (Å²) in [5, 5.41) is 10.6. The highest BCUT2D eigenvalue weighted by atomic mass is 35.5. The van der Waals surface area contributed by atoms with E-state index in [1.54, 1.807) is 0 Å². The molecule has 0 fully saturated rings. The van der Waals surface area contributed by atoms with Gasteiger partial charge in [-0.15, -0.1) is 0 Å². The van der Waals surface area contributed by atoms with E-state index >= 15 is 0 Å². The van der Waals surface area contributed by atoms with Gasteiger partial charge in [0.15, 0.2) is 0 Å². The number of hydrogen-bond acceptors (Lipinski definition) is 2. The summed E-state index contributed by atoms with van der Waals surface area (Å²) in [6.45, 7) is 1.83. The van der Waals surface area contributed by atoms with Gasteiger partial charge in [0.2, 0.25) is 0 Å². The van der Waals surface area contributed by atoms with E-state index in [0.29, 0.717) is 17.3 Å². The van der Waals surface area contributed by atoms with E-state index in [2.05, 4.69) is 4.98 Å². The van der Waals surface area contributed by atoms with Crippen molar-refractivity contribution in [3.63, 3.8) is 0 Å². The van der Waals surface area contributed by atoms with Crippen LogP contribution in [0.4, 0.5) is 5.69 Å². The lowest BCUT2D eigenvalue weighted by Gasteiger charge is -1.88. The second-order valence-electron chi connectivity index (χ2n) is 2.09. The molecule has 0 radical (unpaired) electrons. The number of aromatic amines is 1. The van der Waals surface area contributed by atoms with E-state index in [1.165, 1.54) is 6.07 Å². The molecule has 1 aromatic rings. The van der Waals surface area contributed by atoms with Gasteiger partial charge in [-0.25, -0.2) is 0 Å². The molecule has 1 heterocycles.